The van der Waals surface area contributed by atoms with Crippen molar-refractivity contribution in [3.8, 4) is 0 Å². The molecule has 1 aliphatic heterocycles. The molecule has 0 spiro atoms. The summed E-state index contributed by atoms with van der Waals surface area (Å²) >= 11 is 1.30. The van der Waals surface area contributed by atoms with Gasteiger partial charge in [0.05, 0.1) is 12.8 Å². The van der Waals surface area contributed by atoms with E-state index in [4.69, 9.17) is 4.74 Å². The molecule has 5 nitrogen and oxygen atoms in total. The third kappa shape index (κ3) is 3.13. The molecule has 6 heteroatoms. The molecule has 0 unspecified atom stereocenters. The topological polar surface area (TPSA) is 67.4 Å². The van der Waals surface area contributed by atoms with Crippen LogP contribution in [0.5, 0.6) is 0 Å². The molecule has 2 rings (SSSR count). The zero-order valence-electron chi connectivity index (χ0n) is 11.1. The Morgan fingerprint density at radius 2 is 2.11 bits per heavy atom. The molecule has 2 N–H and O–H groups in total. The molecule has 0 saturated carbocycles. The smallest absolute Gasteiger partial charge is 0.350 e. The van der Waals surface area contributed by atoms with Gasteiger partial charge in [-0.1, -0.05) is 0 Å². The van der Waals surface area contributed by atoms with Crippen LogP contribution in [0.25, 0.3) is 0 Å². The Morgan fingerprint density at radius 1 is 1.42 bits per heavy atom. The molecule has 1 aliphatic rings. The van der Waals surface area contributed by atoms with E-state index in [1.165, 1.54) is 18.4 Å². The molecule has 1 amide bonds. The van der Waals surface area contributed by atoms with Crippen LogP contribution in [0.2, 0.25) is 0 Å². The number of hydrogen-bond acceptors (Lipinski definition) is 5. The highest BCUT2D eigenvalue weighted by atomic mass is 32.1. The fraction of sp³-hybridized carbons (Fsp3) is 0.538. The van der Waals surface area contributed by atoms with Crippen LogP contribution in [0, 0.1) is 12.8 Å². The lowest BCUT2D eigenvalue weighted by Gasteiger charge is -2.22. The molecule has 0 aromatic carbocycles. The first-order valence-corrected chi connectivity index (χ1v) is 7.19. The molecular weight excluding hydrogens is 264 g/mol. The Bertz CT molecular complexity index is 478. The Morgan fingerprint density at radius 3 is 2.74 bits per heavy atom. The van der Waals surface area contributed by atoms with Crippen LogP contribution >= 0.6 is 11.3 Å². The summed E-state index contributed by atoms with van der Waals surface area (Å²) < 4.78 is 4.73. The maximum Gasteiger partial charge on any atom is 0.350 e. The number of methoxy groups -OCH3 is 1. The fourth-order valence-corrected chi connectivity index (χ4v) is 3.07. The van der Waals surface area contributed by atoms with Gasteiger partial charge in [0, 0.05) is 5.92 Å². The van der Waals surface area contributed by atoms with E-state index in [-0.39, 0.29) is 11.8 Å². The van der Waals surface area contributed by atoms with Crippen molar-refractivity contribution < 1.29 is 14.3 Å². The minimum Gasteiger partial charge on any atom is -0.465 e. The highest BCUT2D eigenvalue weighted by Gasteiger charge is 2.24. The first-order chi connectivity index (χ1) is 9.13. The average Bonchev–Trinajstić information content (AvgIpc) is 2.80. The zero-order valence-corrected chi connectivity index (χ0v) is 11.9. The quantitative estimate of drug-likeness (QED) is 0.829. The molecule has 0 bridgehead atoms. The molecule has 1 fully saturated rings. The van der Waals surface area contributed by atoms with E-state index in [0.717, 1.165) is 31.5 Å². The number of nitrogens with one attached hydrogen (secondary N) is 2. The van der Waals surface area contributed by atoms with E-state index in [2.05, 4.69) is 10.6 Å². The van der Waals surface area contributed by atoms with Crippen LogP contribution in [0.4, 0.5) is 5.69 Å². The number of piperidine rings is 1. The second-order valence-corrected chi connectivity index (χ2v) is 5.51. The van der Waals surface area contributed by atoms with E-state index in [1.54, 1.807) is 0 Å². The third-order valence-corrected chi connectivity index (χ3v) is 4.38. The largest absolute Gasteiger partial charge is 0.465 e. The summed E-state index contributed by atoms with van der Waals surface area (Å²) in [6.45, 7) is 3.61. The number of carbonyl (C=O) groups is 2. The van der Waals surface area contributed by atoms with Gasteiger partial charge in [-0.25, -0.2) is 4.79 Å². The Balaban J connectivity index is 2.11. The van der Waals surface area contributed by atoms with E-state index in [1.807, 2.05) is 12.3 Å². The van der Waals surface area contributed by atoms with Crippen LogP contribution in [0.15, 0.2) is 5.38 Å². The van der Waals surface area contributed by atoms with Gasteiger partial charge < -0.3 is 15.4 Å². The fourth-order valence-electron chi connectivity index (χ4n) is 2.15. The molecular formula is C13H18N2O3S. The number of ether oxygens (including phenoxy) is 1. The van der Waals surface area contributed by atoms with Crippen LogP contribution < -0.4 is 10.6 Å². The Kier molecular flexibility index (Phi) is 4.55. The summed E-state index contributed by atoms with van der Waals surface area (Å²) in [4.78, 5) is 24.3. The maximum absolute atomic E-state index is 12.2. The summed E-state index contributed by atoms with van der Waals surface area (Å²) in [5.41, 5.74) is 1.49. The van der Waals surface area contributed by atoms with Gasteiger partial charge in [0.15, 0.2) is 0 Å². The van der Waals surface area contributed by atoms with Crippen molar-refractivity contribution in [2.24, 2.45) is 5.92 Å². The van der Waals surface area contributed by atoms with Crippen molar-refractivity contribution in [2.45, 2.75) is 19.8 Å². The van der Waals surface area contributed by atoms with Crippen molar-refractivity contribution in [2.75, 3.05) is 25.5 Å². The van der Waals surface area contributed by atoms with Gasteiger partial charge in [-0.05, 0) is 43.8 Å². The highest BCUT2D eigenvalue weighted by Crippen LogP contribution is 2.29. The molecule has 0 atom stereocenters. The van der Waals surface area contributed by atoms with E-state index < -0.39 is 5.97 Å². The van der Waals surface area contributed by atoms with Gasteiger partial charge in [0.1, 0.15) is 4.88 Å². The van der Waals surface area contributed by atoms with Gasteiger partial charge in [-0.15, -0.1) is 11.3 Å². The van der Waals surface area contributed by atoms with Gasteiger partial charge >= 0.3 is 5.97 Å². The number of rotatable bonds is 3. The first-order valence-electron chi connectivity index (χ1n) is 6.31. The van der Waals surface area contributed by atoms with Crippen LogP contribution in [-0.4, -0.2) is 32.1 Å². The summed E-state index contributed by atoms with van der Waals surface area (Å²) in [6, 6.07) is 0. The lowest BCUT2D eigenvalue weighted by molar-refractivity contribution is -0.120. The highest BCUT2D eigenvalue weighted by molar-refractivity contribution is 7.12. The summed E-state index contributed by atoms with van der Waals surface area (Å²) in [5, 5.41) is 7.96. The number of esters is 1. The minimum absolute atomic E-state index is 0.00634. The molecule has 2 heterocycles. The number of carbonyl (C=O) groups excluding carboxylic acids is 2. The van der Waals surface area contributed by atoms with E-state index in [0.29, 0.717) is 10.6 Å². The molecule has 1 saturated heterocycles. The third-order valence-electron chi connectivity index (χ3n) is 3.30. The number of anilines is 1. The average molecular weight is 282 g/mol. The normalized spacial score (nSPS) is 16.1. The van der Waals surface area contributed by atoms with Crippen molar-refractivity contribution in [3.05, 3.63) is 15.8 Å². The van der Waals surface area contributed by atoms with Gasteiger partial charge in [-0.3, -0.25) is 4.79 Å². The molecule has 1 aromatic heterocycles. The monoisotopic (exact) mass is 282 g/mol. The van der Waals surface area contributed by atoms with Crippen LogP contribution in [0.1, 0.15) is 28.1 Å². The second kappa shape index (κ2) is 6.16. The van der Waals surface area contributed by atoms with Gasteiger partial charge in [0.25, 0.3) is 0 Å². The van der Waals surface area contributed by atoms with Crippen molar-refractivity contribution in [1.82, 2.24) is 5.32 Å². The van der Waals surface area contributed by atoms with Crippen LogP contribution in [-0.2, 0) is 9.53 Å². The minimum atomic E-state index is -0.404. The van der Waals surface area contributed by atoms with Crippen molar-refractivity contribution in [3.63, 3.8) is 0 Å². The van der Waals surface area contributed by atoms with E-state index >= 15 is 0 Å². The second-order valence-electron chi connectivity index (χ2n) is 4.63. The number of amides is 1. The van der Waals surface area contributed by atoms with Gasteiger partial charge in [-0.2, -0.15) is 0 Å². The standard InChI is InChI=1S/C13H18N2O3S/c1-8-7-19-11(13(17)18-2)10(8)15-12(16)9-3-5-14-6-4-9/h7,9,14H,3-6H2,1-2H3,(H,15,16). The SMILES string of the molecule is COC(=O)c1scc(C)c1NC(=O)C1CCNCC1. The molecule has 19 heavy (non-hydrogen) atoms. The summed E-state index contributed by atoms with van der Waals surface area (Å²) in [7, 11) is 1.34. The number of hydrogen-bond donors (Lipinski definition) is 2. The van der Waals surface area contributed by atoms with E-state index in [9.17, 15) is 9.59 Å². The molecule has 0 aliphatic carbocycles. The van der Waals surface area contributed by atoms with Crippen molar-refractivity contribution in [1.29, 1.82) is 0 Å². The summed E-state index contributed by atoms with van der Waals surface area (Å²) in [6.07, 6.45) is 1.67. The maximum atomic E-state index is 12.2. The predicted molar refractivity (Wildman–Crippen MR) is 74.6 cm³/mol. The zero-order chi connectivity index (χ0) is 13.8. The first kappa shape index (κ1) is 14.0. The van der Waals surface area contributed by atoms with Gasteiger partial charge in [0.2, 0.25) is 5.91 Å². The summed E-state index contributed by atoms with van der Waals surface area (Å²) in [5.74, 6) is -0.391. The Hall–Kier alpha value is -1.40. The lowest BCUT2D eigenvalue weighted by atomic mass is 9.97. The predicted octanol–water partition coefficient (Wildman–Crippen LogP) is 1.78. The molecule has 0 radical (unpaired) electrons. The van der Waals surface area contributed by atoms with Crippen molar-refractivity contribution >= 4 is 28.9 Å². The Labute approximate surface area is 116 Å². The van der Waals surface area contributed by atoms with Crippen LogP contribution in [0.3, 0.4) is 0 Å². The molecule has 1 aromatic rings. The number of thiophene rings is 1. The lowest BCUT2D eigenvalue weighted by Crippen LogP contribution is -2.34. The molecule has 104 valence electrons. The number of aryl methyl sites for hydroxylation is 1.